The predicted octanol–water partition coefficient (Wildman–Crippen LogP) is 2.71. The van der Waals surface area contributed by atoms with Crippen LogP contribution in [0, 0.1) is 30.3 Å². The smallest absolute Gasteiger partial charge is 0.324 e. The van der Waals surface area contributed by atoms with Gasteiger partial charge in [-0.1, -0.05) is 6.07 Å². The third kappa shape index (κ3) is 6.27. The monoisotopic (exact) mass is 424 g/mol. The molecule has 0 saturated heterocycles. The average Bonchev–Trinajstić information content (AvgIpc) is 2.69. The fourth-order valence-corrected chi connectivity index (χ4v) is 2.28. The van der Waals surface area contributed by atoms with Gasteiger partial charge in [-0.3, -0.25) is 30.3 Å². The van der Waals surface area contributed by atoms with Crippen molar-refractivity contribution in [2.24, 2.45) is 5.73 Å². The topological polar surface area (TPSA) is 194 Å². The van der Waals surface area contributed by atoms with Gasteiger partial charge >= 0.3 is 11.4 Å². The average molecular weight is 424 g/mol. The molecule has 0 saturated carbocycles. The summed E-state index contributed by atoms with van der Waals surface area (Å²) in [5.74, 6) is 0.356. The van der Waals surface area contributed by atoms with E-state index in [1.807, 2.05) is 25.1 Å². The second-order valence-corrected chi connectivity index (χ2v) is 5.56. The summed E-state index contributed by atoms with van der Waals surface area (Å²) < 4.78 is 10.6. The van der Waals surface area contributed by atoms with Crippen molar-refractivity contribution >= 4 is 17.1 Å². The largest absolute Gasteiger partial charge is 0.497 e. The summed E-state index contributed by atoms with van der Waals surface area (Å²) in [5.41, 5.74) is 3.65. The maximum Gasteiger partial charge on any atom is 0.324 e. The zero-order valence-electron chi connectivity index (χ0n) is 16.1. The zero-order valence-corrected chi connectivity index (χ0v) is 16.1. The van der Waals surface area contributed by atoms with Crippen molar-refractivity contribution in [3.8, 4) is 17.2 Å². The number of aromatic hydroxyl groups is 1. The predicted molar refractivity (Wildman–Crippen MR) is 105 cm³/mol. The third-order valence-corrected chi connectivity index (χ3v) is 3.62. The lowest BCUT2D eigenvalue weighted by Gasteiger charge is -2.10. The van der Waals surface area contributed by atoms with Crippen LogP contribution in [0.5, 0.6) is 17.2 Å². The number of nitro benzene ring substituents is 3. The van der Waals surface area contributed by atoms with Gasteiger partial charge in [0.1, 0.15) is 0 Å². The zero-order chi connectivity index (χ0) is 22.8. The third-order valence-electron chi connectivity index (χ3n) is 3.62. The first-order valence-electron chi connectivity index (χ1n) is 8.46. The minimum atomic E-state index is -1.21. The van der Waals surface area contributed by atoms with Gasteiger partial charge in [0.25, 0.3) is 11.4 Å². The number of hydrogen-bond acceptors (Lipinski definition) is 10. The number of phenolic OH excluding ortho intramolecular Hbond substituents is 1. The van der Waals surface area contributed by atoms with E-state index in [0.29, 0.717) is 25.3 Å². The highest BCUT2D eigenvalue weighted by Crippen LogP contribution is 2.39. The molecule has 0 radical (unpaired) electrons. The van der Waals surface area contributed by atoms with Crippen molar-refractivity contribution < 1.29 is 29.4 Å². The molecule has 0 aliphatic rings. The Bertz CT molecular complexity index is 898. The quantitative estimate of drug-likeness (QED) is 0.469. The minimum absolute atomic E-state index is 0.447. The van der Waals surface area contributed by atoms with E-state index in [9.17, 15) is 30.3 Å². The molecule has 2 aromatic rings. The summed E-state index contributed by atoms with van der Waals surface area (Å²) in [5, 5.41) is 40.2. The van der Waals surface area contributed by atoms with E-state index >= 15 is 0 Å². The minimum Gasteiger partial charge on any atom is -0.497 e. The molecule has 13 heteroatoms. The molecule has 0 atom stereocenters. The Kier molecular flexibility index (Phi) is 8.90. The number of non-ortho nitro benzene ring substituents is 1. The van der Waals surface area contributed by atoms with Crippen LogP contribution in [0.4, 0.5) is 17.1 Å². The molecule has 2 rings (SSSR count). The Morgan fingerprint density at radius 3 is 1.93 bits per heavy atom. The molecule has 0 bridgehead atoms. The second kappa shape index (κ2) is 11.1. The molecular formula is C17H20N4O9. The lowest BCUT2D eigenvalue weighted by molar-refractivity contribution is -0.404. The Balaban J connectivity index is 0.000000303. The van der Waals surface area contributed by atoms with Gasteiger partial charge in [-0.15, -0.1) is 0 Å². The molecule has 0 aliphatic carbocycles. The number of benzene rings is 2. The molecule has 0 spiro atoms. The Labute approximate surface area is 170 Å². The van der Waals surface area contributed by atoms with Crippen LogP contribution in [0.15, 0.2) is 30.3 Å². The molecule has 30 heavy (non-hydrogen) atoms. The van der Waals surface area contributed by atoms with Crippen LogP contribution in [0.25, 0.3) is 0 Å². The summed E-state index contributed by atoms with van der Waals surface area (Å²) in [7, 11) is 1.64. The molecule has 162 valence electrons. The first-order valence-corrected chi connectivity index (χ1v) is 8.46. The highest BCUT2D eigenvalue weighted by atomic mass is 16.6. The van der Waals surface area contributed by atoms with Gasteiger partial charge in [-0.25, -0.2) is 0 Å². The normalized spacial score (nSPS) is 9.83. The van der Waals surface area contributed by atoms with E-state index in [1.54, 1.807) is 7.11 Å². The molecule has 3 N–H and O–H groups in total. The number of rotatable bonds is 8. The SMILES string of the molecule is CCOc1ccc(CCN)cc1OC.O=[N+]([O-])c1cc([N+](=O)[O-])c(O)c([N+](=O)[O-])c1. The molecule has 0 fully saturated rings. The number of phenols is 1. The first kappa shape index (κ1) is 24.0. The number of methoxy groups -OCH3 is 1. The van der Waals surface area contributed by atoms with Gasteiger partial charge in [-0.2, -0.15) is 0 Å². The number of ether oxygens (including phenoxy) is 2. The second-order valence-electron chi connectivity index (χ2n) is 5.56. The van der Waals surface area contributed by atoms with Gasteiger partial charge in [0.15, 0.2) is 11.5 Å². The lowest BCUT2D eigenvalue weighted by atomic mass is 10.1. The Morgan fingerprint density at radius 2 is 1.53 bits per heavy atom. The summed E-state index contributed by atoms with van der Waals surface area (Å²) in [6, 6.07) is 6.80. The van der Waals surface area contributed by atoms with Crippen molar-refractivity contribution in [2.75, 3.05) is 20.3 Å². The van der Waals surface area contributed by atoms with Crippen molar-refractivity contribution in [2.45, 2.75) is 13.3 Å². The lowest BCUT2D eigenvalue weighted by Crippen LogP contribution is -2.03. The van der Waals surface area contributed by atoms with Crippen LogP contribution in [0.1, 0.15) is 12.5 Å². The molecule has 0 aromatic heterocycles. The van der Waals surface area contributed by atoms with Gasteiger partial charge < -0.3 is 20.3 Å². The van der Waals surface area contributed by atoms with E-state index in [2.05, 4.69) is 0 Å². The van der Waals surface area contributed by atoms with E-state index in [0.717, 1.165) is 17.9 Å². The van der Waals surface area contributed by atoms with E-state index in [1.165, 1.54) is 5.56 Å². The molecule has 13 nitrogen and oxygen atoms in total. The van der Waals surface area contributed by atoms with Crippen LogP contribution < -0.4 is 15.2 Å². The van der Waals surface area contributed by atoms with Gasteiger partial charge in [0.2, 0.25) is 0 Å². The van der Waals surface area contributed by atoms with Gasteiger partial charge in [-0.05, 0) is 37.6 Å². The van der Waals surface area contributed by atoms with E-state index in [-0.39, 0.29) is 0 Å². The maximum atomic E-state index is 10.4. The Morgan fingerprint density at radius 1 is 0.967 bits per heavy atom. The number of nitrogens with zero attached hydrogens (tertiary/aromatic N) is 3. The van der Waals surface area contributed by atoms with Crippen molar-refractivity contribution in [3.05, 3.63) is 66.2 Å². The molecule has 0 aliphatic heterocycles. The van der Waals surface area contributed by atoms with E-state index < -0.39 is 37.6 Å². The Hall–Kier alpha value is -4.00. The summed E-state index contributed by atoms with van der Waals surface area (Å²) in [6.07, 6.45) is 0.864. The van der Waals surface area contributed by atoms with Crippen LogP contribution in [0.3, 0.4) is 0 Å². The molecule has 0 unspecified atom stereocenters. The first-order chi connectivity index (χ1) is 14.2. The number of hydrogen-bond donors (Lipinski definition) is 2. The number of nitro groups is 3. The van der Waals surface area contributed by atoms with E-state index in [4.69, 9.17) is 20.3 Å². The van der Waals surface area contributed by atoms with Crippen molar-refractivity contribution in [1.29, 1.82) is 0 Å². The fourth-order valence-electron chi connectivity index (χ4n) is 2.28. The van der Waals surface area contributed by atoms with Crippen LogP contribution in [-0.4, -0.2) is 40.1 Å². The highest BCUT2D eigenvalue weighted by molar-refractivity contribution is 5.64. The van der Waals surface area contributed by atoms with Crippen molar-refractivity contribution in [1.82, 2.24) is 0 Å². The van der Waals surface area contributed by atoms with Gasteiger partial charge in [0, 0.05) is 0 Å². The van der Waals surface area contributed by atoms with Crippen molar-refractivity contribution in [3.63, 3.8) is 0 Å². The summed E-state index contributed by atoms with van der Waals surface area (Å²) >= 11 is 0. The number of nitrogens with two attached hydrogens (primary N) is 1. The van der Waals surface area contributed by atoms with Gasteiger partial charge in [0.05, 0.1) is 40.6 Å². The molecule has 0 amide bonds. The maximum absolute atomic E-state index is 10.4. The summed E-state index contributed by atoms with van der Waals surface area (Å²) in [6.45, 7) is 3.25. The molecule has 2 aromatic carbocycles. The summed E-state index contributed by atoms with van der Waals surface area (Å²) in [4.78, 5) is 27.8. The molecular weight excluding hydrogens is 404 g/mol. The highest BCUT2D eigenvalue weighted by Gasteiger charge is 2.30. The van der Waals surface area contributed by atoms with Crippen LogP contribution in [0.2, 0.25) is 0 Å². The van der Waals surface area contributed by atoms with Crippen LogP contribution >= 0.6 is 0 Å². The standard InChI is InChI=1S/C11H17NO2.C6H3N3O7/c1-3-14-10-5-4-9(6-7-12)8-11(10)13-2;10-6-4(8(13)14)1-3(7(11)12)2-5(6)9(15)16/h4-5,8H,3,6-7,12H2,1-2H3;1-2,10H. The molecule has 0 heterocycles. The van der Waals surface area contributed by atoms with Crippen LogP contribution in [-0.2, 0) is 6.42 Å². The fraction of sp³-hybridized carbons (Fsp3) is 0.294.